The molecule has 134 valence electrons. The van der Waals surface area contributed by atoms with Crippen LogP contribution in [0.3, 0.4) is 0 Å². The fourth-order valence-corrected chi connectivity index (χ4v) is 3.30. The van der Waals surface area contributed by atoms with E-state index in [0.717, 1.165) is 11.5 Å². The number of para-hydroxylation sites is 1. The van der Waals surface area contributed by atoms with Crippen molar-refractivity contribution < 1.29 is 23.2 Å². The van der Waals surface area contributed by atoms with Crippen LogP contribution in [0.1, 0.15) is 21.8 Å². The monoisotopic (exact) mass is 348 g/mol. The van der Waals surface area contributed by atoms with Crippen LogP contribution in [0.5, 0.6) is 5.75 Å². The standard InChI is InChI=1S/C18H21FN2O4/c1-11-7-13(25-20-11)8-12-9-21(10-16(12)23-2)18(22)14-5-4-6-15(19)17(14)24-3/h4-7,12,16H,8-10H2,1-3H3. The Bertz CT molecular complexity index is 761. The molecule has 6 nitrogen and oxygen atoms in total. The lowest BCUT2D eigenvalue weighted by Crippen LogP contribution is -2.30. The van der Waals surface area contributed by atoms with Gasteiger partial charge in [0, 0.05) is 38.6 Å². The molecule has 1 amide bonds. The summed E-state index contributed by atoms with van der Waals surface area (Å²) >= 11 is 0. The summed E-state index contributed by atoms with van der Waals surface area (Å²) in [4.78, 5) is 14.5. The number of likely N-dealkylation sites (tertiary alicyclic amines) is 1. The first-order chi connectivity index (χ1) is 12.0. The van der Waals surface area contributed by atoms with Gasteiger partial charge in [-0.05, 0) is 19.1 Å². The molecule has 1 fully saturated rings. The molecule has 25 heavy (non-hydrogen) atoms. The third kappa shape index (κ3) is 3.51. The molecule has 0 N–H and O–H groups in total. The van der Waals surface area contributed by atoms with E-state index in [1.165, 1.54) is 19.2 Å². The number of amides is 1. The Kier molecular flexibility index (Phi) is 5.03. The average molecular weight is 348 g/mol. The van der Waals surface area contributed by atoms with Crippen LogP contribution >= 0.6 is 0 Å². The summed E-state index contributed by atoms with van der Waals surface area (Å²) in [6.45, 7) is 2.80. The molecule has 1 aliphatic rings. The smallest absolute Gasteiger partial charge is 0.257 e. The first-order valence-electron chi connectivity index (χ1n) is 8.10. The van der Waals surface area contributed by atoms with Gasteiger partial charge in [-0.2, -0.15) is 0 Å². The van der Waals surface area contributed by atoms with Crippen LogP contribution in [0, 0.1) is 18.7 Å². The quantitative estimate of drug-likeness (QED) is 0.830. The van der Waals surface area contributed by atoms with E-state index < -0.39 is 5.82 Å². The van der Waals surface area contributed by atoms with Gasteiger partial charge in [-0.1, -0.05) is 11.2 Å². The number of ether oxygens (including phenoxy) is 2. The molecule has 0 saturated carbocycles. The minimum atomic E-state index is -0.551. The van der Waals surface area contributed by atoms with Crippen molar-refractivity contribution in [3.63, 3.8) is 0 Å². The molecule has 1 aromatic heterocycles. The Hall–Kier alpha value is -2.41. The highest BCUT2D eigenvalue weighted by molar-refractivity contribution is 5.97. The Morgan fingerprint density at radius 2 is 2.20 bits per heavy atom. The van der Waals surface area contributed by atoms with Crippen LogP contribution < -0.4 is 4.74 Å². The predicted molar refractivity (Wildman–Crippen MR) is 88.1 cm³/mol. The molecule has 2 unspecified atom stereocenters. The number of rotatable bonds is 5. The van der Waals surface area contributed by atoms with Crippen LogP contribution in [0.15, 0.2) is 28.8 Å². The van der Waals surface area contributed by atoms with Crippen molar-refractivity contribution in [2.75, 3.05) is 27.3 Å². The summed E-state index contributed by atoms with van der Waals surface area (Å²) in [7, 11) is 2.98. The van der Waals surface area contributed by atoms with Gasteiger partial charge in [-0.15, -0.1) is 0 Å². The van der Waals surface area contributed by atoms with Gasteiger partial charge in [0.15, 0.2) is 11.6 Å². The highest BCUT2D eigenvalue weighted by atomic mass is 19.1. The van der Waals surface area contributed by atoms with Crippen LogP contribution in [-0.4, -0.2) is 49.4 Å². The highest BCUT2D eigenvalue weighted by Crippen LogP contribution is 2.29. The zero-order chi connectivity index (χ0) is 18.0. The first-order valence-corrected chi connectivity index (χ1v) is 8.10. The van der Waals surface area contributed by atoms with Crippen LogP contribution in [0.25, 0.3) is 0 Å². The molecule has 1 aromatic carbocycles. The SMILES string of the molecule is COc1c(F)cccc1C(=O)N1CC(Cc2cc(C)no2)C(OC)C1. The summed E-state index contributed by atoms with van der Waals surface area (Å²) in [6.07, 6.45) is 0.512. The van der Waals surface area contributed by atoms with Gasteiger partial charge in [0.25, 0.3) is 5.91 Å². The third-order valence-corrected chi connectivity index (χ3v) is 4.51. The van der Waals surface area contributed by atoms with Crippen molar-refractivity contribution >= 4 is 5.91 Å². The molecule has 0 radical (unpaired) electrons. The summed E-state index contributed by atoms with van der Waals surface area (Å²) in [5, 5.41) is 3.89. The largest absolute Gasteiger partial charge is 0.493 e. The van der Waals surface area contributed by atoms with Crippen molar-refractivity contribution in [3.05, 3.63) is 47.1 Å². The lowest BCUT2D eigenvalue weighted by Gasteiger charge is -2.18. The summed E-state index contributed by atoms with van der Waals surface area (Å²) in [5.41, 5.74) is 1.04. The Balaban J connectivity index is 1.77. The second-order valence-electron chi connectivity index (χ2n) is 6.20. The highest BCUT2D eigenvalue weighted by Gasteiger charge is 2.37. The zero-order valence-corrected chi connectivity index (χ0v) is 14.5. The summed E-state index contributed by atoms with van der Waals surface area (Å²) < 4.78 is 29.7. The maximum absolute atomic E-state index is 13.9. The molecule has 1 aliphatic heterocycles. The topological polar surface area (TPSA) is 64.8 Å². The molecule has 1 saturated heterocycles. The molecule has 0 aliphatic carbocycles. The molecular weight excluding hydrogens is 327 g/mol. The van der Waals surface area contributed by atoms with Gasteiger partial charge in [0.1, 0.15) is 5.76 Å². The zero-order valence-electron chi connectivity index (χ0n) is 14.5. The van der Waals surface area contributed by atoms with Crippen molar-refractivity contribution in [1.29, 1.82) is 0 Å². The van der Waals surface area contributed by atoms with E-state index in [0.29, 0.717) is 19.5 Å². The van der Waals surface area contributed by atoms with Crippen molar-refractivity contribution in [1.82, 2.24) is 10.1 Å². The molecule has 7 heteroatoms. The van der Waals surface area contributed by atoms with Gasteiger partial charge in [-0.25, -0.2) is 4.39 Å². The number of nitrogens with zero attached hydrogens (tertiary/aromatic N) is 2. The van der Waals surface area contributed by atoms with E-state index in [2.05, 4.69) is 5.16 Å². The molecule has 2 atom stereocenters. The summed E-state index contributed by atoms with van der Waals surface area (Å²) in [6, 6.07) is 6.22. The molecule has 0 bridgehead atoms. The van der Waals surface area contributed by atoms with Gasteiger partial charge in [-0.3, -0.25) is 4.79 Å². The summed E-state index contributed by atoms with van der Waals surface area (Å²) in [5.74, 6) is -0.00186. The first kappa shape index (κ1) is 17.4. The normalized spacial score (nSPS) is 20.1. The fraction of sp³-hybridized carbons (Fsp3) is 0.444. The maximum Gasteiger partial charge on any atom is 0.257 e. The Morgan fingerprint density at radius 1 is 1.40 bits per heavy atom. The number of halogens is 1. The van der Waals surface area contributed by atoms with Gasteiger partial charge < -0.3 is 18.9 Å². The number of hydrogen-bond acceptors (Lipinski definition) is 5. The maximum atomic E-state index is 13.9. The number of carbonyl (C=O) groups excluding carboxylic acids is 1. The van der Waals surface area contributed by atoms with Crippen LogP contribution in [-0.2, 0) is 11.2 Å². The number of methoxy groups -OCH3 is 2. The van der Waals surface area contributed by atoms with Crippen LogP contribution in [0.4, 0.5) is 4.39 Å². The van der Waals surface area contributed by atoms with E-state index in [4.69, 9.17) is 14.0 Å². The minimum absolute atomic E-state index is 0.0317. The average Bonchev–Trinajstić information content (AvgIpc) is 3.20. The molecule has 0 spiro atoms. The number of carbonyl (C=O) groups is 1. The molecule has 2 heterocycles. The van der Waals surface area contributed by atoms with E-state index in [1.54, 1.807) is 18.1 Å². The van der Waals surface area contributed by atoms with Gasteiger partial charge in [0.2, 0.25) is 0 Å². The number of aromatic nitrogens is 1. The van der Waals surface area contributed by atoms with Gasteiger partial charge in [0.05, 0.1) is 24.5 Å². The lowest BCUT2D eigenvalue weighted by molar-refractivity contribution is 0.0670. The van der Waals surface area contributed by atoms with Crippen molar-refractivity contribution in [2.45, 2.75) is 19.4 Å². The minimum Gasteiger partial charge on any atom is -0.493 e. The molecule has 3 rings (SSSR count). The second kappa shape index (κ2) is 7.23. The lowest BCUT2D eigenvalue weighted by atomic mass is 10.0. The molecular formula is C18H21FN2O4. The van der Waals surface area contributed by atoms with Crippen LogP contribution in [0.2, 0.25) is 0 Å². The molecule has 2 aromatic rings. The Labute approximate surface area is 145 Å². The fourth-order valence-electron chi connectivity index (χ4n) is 3.30. The van der Waals surface area contributed by atoms with Gasteiger partial charge >= 0.3 is 0 Å². The number of aryl methyl sites for hydroxylation is 1. The van der Waals surface area contributed by atoms with E-state index in [-0.39, 0.29) is 29.2 Å². The Morgan fingerprint density at radius 3 is 2.84 bits per heavy atom. The predicted octanol–water partition coefficient (Wildman–Crippen LogP) is 2.46. The van der Waals surface area contributed by atoms with E-state index in [9.17, 15) is 9.18 Å². The second-order valence-corrected chi connectivity index (χ2v) is 6.20. The van der Waals surface area contributed by atoms with Crippen molar-refractivity contribution in [2.24, 2.45) is 5.92 Å². The van der Waals surface area contributed by atoms with E-state index in [1.807, 2.05) is 13.0 Å². The van der Waals surface area contributed by atoms with Crippen molar-refractivity contribution in [3.8, 4) is 5.75 Å². The number of benzene rings is 1. The third-order valence-electron chi connectivity index (χ3n) is 4.51. The van der Waals surface area contributed by atoms with E-state index >= 15 is 0 Å². The number of hydrogen-bond donors (Lipinski definition) is 0.